The van der Waals surface area contributed by atoms with Crippen LogP contribution in [-0.4, -0.2) is 19.4 Å². The van der Waals surface area contributed by atoms with Gasteiger partial charge in [-0.3, -0.25) is 10.2 Å². The van der Waals surface area contributed by atoms with E-state index >= 15 is 0 Å². The van der Waals surface area contributed by atoms with Crippen molar-refractivity contribution in [2.75, 3.05) is 0 Å². The normalized spacial score (nSPS) is 11.1. The van der Waals surface area contributed by atoms with Crippen molar-refractivity contribution in [2.24, 2.45) is 0 Å². The first-order valence-corrected chi connectivity index (χ1v) is 7.62. The number of phenolic OH excluding ortho intramolecular Hbond substituents is 1. The van der Waals surface area contributed by atoms with Crippen LogP contribution in [0.25, 0.3) is 0 Å². The fourth-order valence-corrected chi connectivity index (χ4v) is 2.48. The lowest BCUT2D eigenvalue weighted by atomic mass is 10.2. The van der Waals surface area contributed by atoms with Crippen LogP contribution >= 0.6 is 11.6 Å². The SMILES string of the molecule is O=C(NNS(=O)(=O)c1ccc(Cl)cc1)c1ccccc1O. The molecule has 6 nitrogen and oxygen atoms in total. The van der Waals surface area contributed by atoms with Crippen LogP contribution in [0.2, 0.25) is 5.02 Å². The third kappa shape index (κ3) is 3.72. The van der Waals surface area contributed by atoms with Gasteiger partial charge in [-0.2, -0.15) is 0 Å². The van der Waals surface area contributed by atoms with E-state index < -0.39 is 15.9 Å². The highest BCUT2D eigenvalue weighted by atomic mass is 35.5. The molecule has 8 heteroatoms. The monoisotopic (exact) mass is 326 g/mol. The van der Waals surface area contributed by atoms with Crippen molar-refractivity contribution in [2.45, 2.75) is 4.90 Å². The number of amides is 1. The molecular weight excluding hydrogens is 316 g/mol. The highest BCUT2D eigenvalue weighted by Gasteiger charge is 2.16. The van der Waals surface area contributed by atoms with Crippen molar-refractivity contribution in [1.29, 1.82) is 0 Å². The van der Waals surface area contributed by atoms with Gasteiger partial charge in [-0.1, -0.05) is 23.7 Å². The van der Waals surface area contributed by atoms with E-state index in [1.165, 1.54) is 36.4 Å². The molecular formula is C13H11ClN2O4S. The Morgan fingerprint density at radius 2 is 1.67 bits per heavy atom. The van der Waals surface area contributed by atoms with Crippen molar-refractivity contribution in [1.82, 2.24) is 10.3 Å². The summed E-state index contributed by atoms with van der Waals surface area (Å²) in [7, 11) is -3.92. The molecule has 0 saturated carbocycles. The number of hydrogen-bond donors (Lipinski definition) is 3. The second-order valence-electron chi connectivity index (χ2n) is 4.03. The summed E-state index contributed by atoms with van der Waals surface area (Å²) in [6.45, 7) is 0. The molecule has 0 spiro atoms. The zero-order chi connectivity index (χ0) is 15.5. The number of sulfonamides is 1. The van der Waals surface area contributed by atoms with Crippen LogP contribution < -0.4 is 10.3 Å². The number of hydrazine groups is 1. The Labute approximate surface area is 126 Å². The fraction of sp³-hybridized carbons (Fsp3) is 0. The average molecular weight is 327 g/mol. The number of rotatable bonds is 4. The van der Waals surface area contributed by atoms with E-state index in [1.54, 1.807) is 12.1 Å². The lowest BCUT2D eigenvalue weighted by molar-refractivity contribution is 0.0942. The van der Waals surface area contributed by atoms with E-state index in [0.29, 0.717) is 5.02 Å². The topological polar surface area (TPSA) is 95.5 Å². The van der Waals surface area contributed by atoms with Gasteiger partial charge in [-0.15, -0.1) is 4.83 Å². The van der Waals surface area contributed by atoms with E-state index in [0.717, 1.165) is 0 Å². The smallest absolute Gasteiger partial charge is 0.269 e. The Hall–Kier alpha value is -2.09. The second-order valence-corrected chi connectivity index (χ2v) is 6.15. The van der Waals surface area contributed by atoms with Crippen LogP contribution in [0.3, 0.4) is 0 Å². The van der Waals surface area contributed by atoms with Crippen molar-refractivity contribution in [3.63, 3.8) is 0 Å². The number of halogens is 1. The molecule has 0 aliphatic heterocycles. The van der Waals surface area contributed by atoms with Crippen molar-refractivity contribution >= 4 is 27.5 Å². The van der Waals surface area contributed by atoms with E-state index in [4.69, 9.17) is 11.6 Å². The minimum Gasteiger partial charge on any atom is -0.507 e. The number of phenols is 1. The number of benzene rings is 2. The van der Waals surface area contributed by atoms with E-state index in [1.807, 2.05) is 10.3 Å². The Balaban J connectivity index is 2.10. The fourth-order valence-electron chi connectivity index (χ4n) is 1.52. The number of nitrogens with one attached hydrogen (secondary N) is 2. The molecule has 2 aromatic rings. The summed E-state index contributed by atoms with van der Waals surface area (Å²) < 4.78 is 23.9. The van der Waals surface area contributed by atoms with E-state index in [2.05, 4.69) is 0 Å². The lowest BCUT2D eigenvalue weighted by Gasteiger charge is -2.09. The molecule has 0 aliphatic carbocycles. The molecule has 3 N–H and O–H groups in total. The Morgan fingerprint density at radius 1 is 1.05 bits per heavy atom. The van der Waals surface area contributed by atoms with Crippen LogP contribution in [-0.2, 0) is 10.0 Å². The molecule has 0 bridgehead atoms. The number of para-hydroxylation sites is 1. The Morgan fingerprint density at radius 3 is 2.29 bits per heavy atom. The zero-order valence-electron chi connectivity index (χ0n) is 10.6. The van der Waals surface area contributed by atoms with Gasteiger partial charge >= 0.3 is 0 Å². The summed E-state index contributed by atoms with van der Waals surface area (Å²) >= 11 is 5.67. The maximum atomic E-state index is 11.9. The minimum absolute atomic E-state index is 0.0451. The first kappa shape index (κ1) is 15.3. The summed E-state index contributed by atoms with van der Waals surface area (Å²) in [5, 5.41) is 9.90. The largest absolute Gasteiger partial charge is 0.507 e. The van der Waals surface area contributed by atoms with Crippen molar-refractivity contribution in [3.8, 4) is 5.75 Å². The summed E-state index contributed by atoms with van der Waals surface area (Å²) in [5.74, 6) is -1.02. The molecule has 0 fully saturated rings. The molecule has 1 amide bonds. The average Bonchev–Trinajstić information content (AvgIpc) is 2.46. The van der Waals surface area contributed by atoms with E-state index in [9.17, 15) is 18.3 Å². The highest BCUT2D eigenvalue weighted by Crippen LogP contribution is 2.16. The highest BCUT2D eigenvalue weighted by molar-refractivity contribution is 7.89. The predicted octanol–water partition coefficient (Wildman–Crippen LogP) is 1.67. The predicted molar refractivity (Wildman–Crippen MR) is 77.3 cm³/mol. The molecule has 0 aliphatic rings. The van der Waals surface area contributed by atoms with Gasteiger partial charge in [0.05, 0.1) is 10.5 Å². The molecule has 0 saturated heterocycles. The summed E-state index contributed by atoms with van der Waals surface area (Å²) in [4.78, 5) is 13.7. The molecule has 0 atom stereocenters. The van der Waals surface area contributed by atoms with Crippen LogP contribution in [0.4, 0.5) is 0 Å². The summed E-state index contributed by atoms with van der Waals surface area (Å²) in [6, 6.07) is 11.2. The van der Waals surface area contributed by atoms with Gasteiger partial charge in [0, 0.05) is 5.02 Å². The zero-order valence-corrected chi connectivity index (χ0v) is 12.1. The van der Waals surface area contributed by atoms with Gasteiger partial charge in [0.15, 0.2) is 0 Å². The number of aromatic hydroxyl groups is 1. The quantitative estimate of drug-likeness (QED) is 0.745. The van der Waals surface area contributed by atoms with Gasteiger partial charge in [0.2, 0.25) is 0 Å². The minimum atomic E-state index is -3.92. The molecule has 110 valence electrons. The number of carbonyl (C=O) groups is 1. The van der Waals surface area contributed by atoms with Crippen LogP contribution in [0.5, 0.6) is 5.75 Å². The van der Waals surface area contributed by atoms with Crippen LogP contribution in [0.15, 0.2) is 53.4 Å². The number of carbonyl (C=O) groups excluding carboxylic acids is 1. The summed E-state index contributed by atoms with van der Waals surface area (Å²) in [5.41, 5.74) is 1.98. The Bertz CT molecular complexity index is 760. The third-order valence-electron chi connectivity index (χ3n) is 2.57. The number of hydrogen-bond acceptors (Lipinski definition) is 4. The molecule has 0 unspecified atom stereocenters. The van der Waals surface area contributed by atoms with Crippen LogP contribution in [0, 0.1) is 0 Å². The van der Waals surface area contributed by atoms with Crippen molar-refractivity contribution < 1.29 is 18.3 Å². The van der Waals surface area contributed by atoms with Gasteiger partial charge in [-0.05, 0) is 36.4 Å². The molecule has 2 rings (SSSR count). The summed E-state index contributed by atoms with van der Waals surface area (Å²) in [6.07, 6.45) is 0. The molecule has 0 aromatic heterocycles. The standard InChI is InChI=1S/C13H11ClN2O4S/c14-9-5-7-10(8-6-9)21(19,20)16-15-13(18)11-3-1-2-4-12(11)17/h1-8,16-17H,(H,15,18). The Kier molecular flexibility index (Phi) is 4.46. The van der Waals surface area contributed by atoms with Gasteiger partial charge in [0.1, 0.15) is 5.75 Å². The lowest BCUT2D eigenvalue weighted by Crippen LogP contribution is -2.41. The van der Waals surface area contributed by atoms with Crippen molar-refractivity contribution in [3.05, 3.63) is 59.1 Å². The maximum Gasteiger partial charge on any atom is 0.269 e. The van der Waals surface area contributed by atoms with Gasteiger partial charge < -0.3 is 5.11 Å². The van der Waals surface area contributed by atoms with E-state index in [-0.39, 0.29) is 16.2 Å². The maximum absolute atomic E-state index is 11.9. The van der Waals surface area contributed by atoms with Gasteiger partial charge in [-0.25, -0.2) is 8.42 Å². The molecule has 0 heterocycles. The third-order valence-corrected chi connectivity index (χ3v) is 4.09. The first-order valence-electron chi connectivity index (χ1n) is 5.76. The molecule has 21 heavy (non-hydrogen) atoms. The first-order chi connectivity index (χ1) is 9.90. The van der Waals surface area contributed by atoms with Crippen LogP contribution in [0.1, 0.15) is 10.4 Å². The molecule has 2 aromatic carbocycles. The molecule has 0 radical (unpaired) electrons. The van der Waals surface area contributed by atoms with Gasteiger partial charge in [0.25, 0.3) is 15.9 Å². The second kappa shape index (κ2) is 6.13.